The van der Waals surface area contributed by atoms with Gasteiger partial charge in [0.1, 0.15) is 15.7 Å². The fraction of sp³-hybridized carbons (Fsp3) is 0.579. The number of allylic oxidation sites excluding steroid dienone is 1. The Kier molecular flexibility index (Phi) is 10.4. The van der Waals surface area contributed by atoms with Gasteiger partial charge in [-0.25, -0.2) is 17.8 Å². The van der Waals surface area contributed by atoms with Crippen LogP contribution in [0, 0.1) is 23.7 Å². The van der Waals surface area contributed by atoms with Gasteiger partial charge in [0.05, 0.1) is 24.2 Å². The second-order valence-corrected chi connectivity index (χ2v) is 17.7. The number of hydrogen-bond acceptors (Lipinski definition) is 6. The van der Waals surface area contributed by atoms with E-state index in [2.05, 4.69) is 37.5 Å². The number of nitrogens with one attached hydrogen (secondary N) is 2. The monoisotopic (exact) mass is 744 g/mol. The molecule has 1 spiro atoms. The minimum absolute atomic E-state index is 0.0720. The van der Waals surface area contributed by atoms with Gasteiger partial charge in [0.15, 0.2) is 0 Å². The molecule has 2 bridgehead atoms. The van der Waals surface area contributed by atoms with Gasteiger partial charge in [-0.1, -0.05) is 36.7 Å². The van der Waals surface area contributed by atoms with E-state index in [-0.39, 0.29) is 41.1 Å². The van der Waals surface area contributed by atoms with Crippen LogP contribution in [0.3, 0.4) is 0 Å². The molecule has 7 rings (SSSR count). The lowest BCUT2D eigenvalue weighted by Crippen LogP contribution is -2.49. The minimum Gasteiger partial charge on any atom is -0.490 e. The van der Waals surface area contributed by atoms with Crippen LogP contribution in [0.1, 0.15) is 73.4 Å². The van der Waals surface area contributed by atoms with Crippen molar-refractivity contribution in [2.45, 2.75) is 82.3 Å². The Labute approximate surface area is 304 Å². The summed E-state index contributed by atoms with van der Waals surface area (Å²) in [5.74, 6) is 0.00980. The number of methoxy groups -OCH3 is 1. The predicted octanol–water partition coefficient (Wildman–Crippen LogP) is 7.32. The van der Waals surface area contributed by atoms with E-state index < -0.39 is 34.3 Å². The number of urea groups is 1. The first-order valence-electron chi connectivity index (χ1n) is 18.1. The molecule has 9 nitrogen and oxygen atoms in total. The number of carbonyl (C=O) groups is 2. The Morgan fingerprint density at radius 2 is 2.08 bits per heavy atom. The van der Waals surface area contributed by atoms with Crippen molar-refractivity contribution in [3.63, 3.8) is 0 Å². The normalized spacial score (nSPS) is 33.8. The SMILES string of the molecule is CO[C@H]1/C=C/C[C@H](C)CS(=O)(NC(=O)N[C@@H]2C[C@H]2CC(F)F)=NC(=O)c2ccc3c(c2)N(C[C@@H]2CC[C@H]21)C[C@@]1(CCCc2cc(Cl)ccc21)CO3. The average molecular weight is 745 g/mol. The van der Waals surface area contributed by atoms with E-state index >= 15 is 0 Å². The molecule has 3 amide bonds. The van der Waals surface area contributed by atoms with E-state index in [1.54, 1.807) is 25.3 Å². The van der Waals surface area contributed by atoms with E-state index in [0.29, 0.717) is 43.6 Å². The van der Waals surface area contributed by atoms with Crippen molar-refractivity contribution >= 4 is 39.1 Å². The van der Waals surface area contributed by atoms with Crippen LogP contribution >= 0.6 is 11.6 Å². The molecule has 2 heterocycles. The van der Waals surface area contributed by atoms with Crippen molar-refractivity contribution in [3.8, 4) is 5.75 Å². The maximum Gasteiger partial charge on any atom is 0.327 e. The van der Waals surface area contributed by atoms with Crippen LogP contribution in [0.5, 0.6) is 5.75 Å². The standard InChI is InChI=1S/C38H47ClF2N4O5S/c1-23-5-3-7-33(49-2)29-11-8-26(29)19-45-21-38(14-4-6-24-15-28(39)10-12-30(24)38)22-50-34-13-9-25(17-32(34)45)36(46)43-51(48,20-23)44-37(47)42-31-16-27(31)18-35(40)41/h3,7,9-10,12-13,15,17,23,26-27,29,31,33,35H,4-6,8,11,14,16,18-22H2,1-2H3,(H2,42,43,44,46,47,48)/b7-3+/t23-,26-,27-,29+,31+,33-,38-,51?/m0/s1. The van der Waals surface area contributed by atoms with Crippen LogP contribution in [0.4, 0.5) is 19.3 Å². The number of rotatable bonds is 5. The highest BCUT2D eigenvalue weighted by molar-refractivity contribution is 7.92. The molecule has 0 aromatic heterocycles. The molecule has 276 valence electrons. The number of hydrogen-bond donors (Lipinski definition) is 2. The van der Waals surface area contributed by atoms with Crippen LogP contribution < -0.4 is 19.7 Å². The van der Waals surface area contributed by atoms with Crippen molar-refractivity contribution in [2.75, 3.05) is 37.5 Å². The summed E-state index contributed by atoms with van der Waals surface area (Å²) in [7, 11) is -1.87. The number of ether oxygens (including phenoxy) is 2. The Hall–Kier alpha value is -3.22. The molecule has 2 aliphatic heterocycles. The third-order valence-electron chi connectivity index (χ3n) is 11.5. The van der Waals surface area contributed by atoms with Gasteiger partial charge in [0.25, 0.3) is 5.91 Å². The quantitative estimate of drug-likeness (QED) is 0.311. The second kappa shape index (κ2) is 14.7. The molecule has 5 aliphatic rings. The Morgan fingerprint density at radius 3 is 2.84 bits per heavy atom. The Balaban J connectivity index is 1.24. The van der Waals surface area contributed by atoms with Gasteiger partial charge >= 0.3 is 6.03 Å². The average Bonchev–Trinajstić information content (AvgIpc) is 3.81. The highest BCUT2D eigenvalue weighted by Crippen LogP contribution is 2.47. The van der Waals surface area contributed by atoms with Gasteiger partial charge in [-0.2, -0.15) is 0 Å². The molecular weight excluding hydrogens is 698 g/mol. The van der Waals surface area contributed by atoms with Gasteiger partial charge in [-0.05, 0) is 110 Å². The van der Waals surface area contributed by atoms with Crippen LogP contribution in [0.25, 0.3) is 0 Å². The van der Waals surface area contributed by atoms with E-state index in [1.807, 2.05) is 19.1 Å². The molecule has 2 saturated carbocycles. The number of nitrogens with zero attached hydrogens (tertiary/aromatic N) is 2. The summed E-state index contributed by atoms with van der Waals surface area (Å²) in [6, 6.07) is 10.1. The third kappa shape index (κ3) is 7.93. The summed E-state index contributed by atoms with van der Waals surface area (Å²) in [5.41, 5.74) is 3.22. The lowest BCUT2D eigenvalue weighted by molar-refractivity contribution is 0.0131. The van der Waals surface area contributed by atoms with Crippen LogP contribution in [-0.4, -0.2) is 67.3 Å². The number of benzene rings is 2. The smallest absolute Gasteiger partial charge is 0.327 e. The van der Waals surface area contributed by atoms with Crippen molar-refractivity contribution in [1.29, 1.82) is 0 Å². The summed E-state index contributed by atoms with van der Waals surface area (Å²) in [6.07, 6.45) is 7.22. The molecule has 0 saturated heterocycles. The maximum absolute atomic E-state index is 14.4. The fourth-order valence-electron chi connectivity index (χ4n) is 8.62. The van der Waals surface area contributed by atoms with Gasteiger partial charge in [-0.3, -0.25) is 9.52 Å². The van der Waals surface area contributed by atoms with E-state index in [4.69, 9.17) is 21.1 Å². The topological polar surface area (TPSA) is 109 Å². The molecular formula is C38H47ClF2N4O5S. The number of aryl methyl sites for hydroxylation is 1. The number of fused-ring (bicyclic) bond motifs is 4. The number of carbonyl (C=O) groups excluding carboxylic acids is 2. The van der Waals surface area contributed by atoms with Gasteiger partial charge in [-0.15, -0.1) is 4.36 Å². The second-order valence-electron chi connectivity index (χ2n) is 15.3. The molecule has 2 N–H and O–H groups in total. The summed E-state index contributed by atoms with van der Waals surface area (Å²) in [4.78, 5) is 29.3. The predicted molar refractivity (Wildman–Crippen MR) is 194 cm³/mol. The van der Waals surface area contributed by atoms with E-state index in [9.17, 15) is 22.6 Å². The van der Waals surface area contributed by atoms with Gasteiger partial charge in [0.2, 0.25) is 6.43 Å². The first-order chi connectivity index (χ1) is 24.4. The zero-order valence-electron chi connectivity index (χ0n) is 29.1. The van der Waals surface area contributed by atoms with Gasteiger partial charge in [0, 0.05) is 48.7 Å². The molecule has 13 heteroatoms. The summed E-state index contributed by atoms with van der Waals surface area (Å²) >= 11 is 6.44. The number of alkyl halides is 2. The molecule has 3 aliphatic carbocycles. The van der Waals surface area contributed by atoms with Crippen molar-refractivity contribution in [1.82, 2.24) is 10.0 Å². The van der Waals surface area contributed by atoms with Crippen LogP contribution in [0.15, 0.2) is 52.9 Å². The third-order valence-corrected chi connectivity index (χ3v) is 13.7. The largest absolute Gasteiger partial charge is 0.490 e. The molecule has 8 atom stereocenters. The molecule has 2 aromatic rings. The molecule has 2 fully saturated rings. The molecule has 51 heavy (non-hydrogen) atoms. The number of anilines is 1. The van der Waals surface area contributed by atoms with Gasteiger partial charge < -0.3 is 19.7 Å². The lowest BCUT2D eigenvalue weighted by Gasteiger charge is -2.46. The number of amides is 3. The Morgan fingerprint density at radius 1 is 1.24 bits per heavy atom. The zero-order chi connectivity index (χ0) is 35.9. The Bertz CT molecular complexity index is 1820. The zero-order valence-corrected chi connectivity index (χ0v) is 30.7. The van der Waals surface area contributed by atoms with Crippen molar-refractivity contribution < 1.29 is 32.1 Å². The maximum atomic E-state index is 14.4. The molecule has 2 aromatic carbocycles. The molecule has 0 radical (unpaired) electrons. The summed E-state index contributed by atoms with van der Waals surface area (Å²) < 4.78 is 59.4. The van der Waals surface area contributed by atoms with Crippen molar-refractivity contribution in [2.24, 2.45) is 28.0 Å². The summed E-state index contributed by atoms with van der Waals surface area (Å²) in [6.45, 7) is 3.80. The first kappa shape index (κ1) is 36.2. The highest BCUT2D eigenvalue weighted by Gasteiger charge is 2.45. The number of halogens is 3. The summed E-state index contributed by atoms with van der Waals surface area (Å²) in [5, 5.41) is 3.37. The lowest BCUT2D eigenvalue weighted by atomic mass is 9.68. The first-order valence-corrected chi connectivity index (χ1v) is 20.2. The van der Waals surface area contributed by atoms with E-state index in [0.717, 1.165) is 49.4 Å². The van der Waals surface area contributed by atoms with Crippen LogP contribution in [-0.2, 0) is 26.5 Å². The van der Waals surface area contributed by atoms with Crippen molar-refractivity contribution in [3.05, 3.63) is 70.3 Å². The van der Waals surface area contributed by atoms with Crippen LogP contribution in [0.2, 0.25) is 5.02 Å². The minimum atomic E-state index is -3.61. The van der Waals surface area contributed by atoms with E-state index in [1.165, 1.54) is 11.1 Å². The highest BCUT2D eigenvalue weighted by atomic mass is 35.5. The molecule has 1 unspecified atom stereocenters. The fourth-order valence-corrected chi connectivity index (χ4v) is 10.7.